The monoisotopic (exact) mass is 1130 g/mol. The number of aromatic nitrogens is 2. The van der Waals surface area contributed by atoms with E-state index in [1.54, 1.807) is 22.7 Å². The number of aryl methyl sites for hydroxylation is 2. The Morgan fingerprint density at radius 1 is 0.500 bits per heavy atom. The van der Waals surface area contributed by atoms with Gasteiger partial charge in [0.1, 0.15) is 23.4 Å². The number of Topliss-reactive ketones (excluding diaryl/α,β-unsaturated/α-hetero) is 1. The summed E-state index contributed by atoms with van der Waals surface area (Å²) >= 11 is 4.78. The lowest BCUT2D eigenvalue weighted by molar-refractivity contribution is -0.146. The molecule has 0 amide bonds. The molecule has 8 nitrogen and oxygen atoms in total. The fourth-order valence-electron chi connectivity index (χ4n) is 9.87. The van der Waals surface area contributed by atoms with Crippen LogP contribution in [0, 0.1) is 5.41 Å². The minimum atomic E-state index is -0.296. The summed E-state index contributed by atoms with van der Waals surface area (Å²) in [5, 5.41) is -0.296. The second-order valence-corrected chi connectivity index (χ2v) is 24.9. The van der Waals surface area contributed by atoms with Crippen molar-refractivity contribution >= 4 is 101 Å². The lowest BCUT2D eigenvalue weighted by atomic mass is 9.83. The maximum absolute atomic E-state index is 12.9. The molecule has 0 bridgehead atoms. The molecule has 12 heteroatoms. The van der Waals surface area contributed by atoms with Gasteiger partial charge in [-0.3, -0.25) is 9.59 Å². The van der Waals surface area contributed by atoms with E-state index in [2.05, 4.69) is 215 Å². The van der Waals surface area contributed by atoms with E-state index in [0.29, 0.717) is 31.7 Å². The number of benzene rings is 7. The number of nitrogens with zero attached hydrogens (tertiary/aromatic N) is 4. The van der Waals surface area contributed by atoms with Crippen molar-refractivity contribution in [2.45, 2.75) is 84.9 Å². The van der Waals surface area contributed by atoms with Crippen molar-refractivity contribution in [2.24, 2.45) is 5.41 Å². The van der Waals surface area contributed by atoms with Gasteiger partial charge < -0.3 is 19.3 Å². The summed E-state index contributed by atoms with van der Waals surface area (Å²) in [7, 11) is 2.75. The Kier molecular flexibility index (Phi) is 17.9. The van der Waals surface area contributed by atoms with Crippen molar-refractivity contribution in [3.63, 3.8) is 0 Å². The normalized spacial score (nSPS) is 12.3. The van der Waals surface area contributed by atoms with Gasteiger partial charge in [0.25, 0.3) is 0 Å². The molecule has 0 aliphatic heterocycles. The Labute approximate surface area is 485 Å². The van der Waals surface area contributed by atoms with Crippen LogP contribution >= 0.6 is 43.6 Å². The first kappa shape index (κ1) is 56.2. The average molecular weight is 1130 g/mol. The van der Waals surface area contributed by atoms with Crippen molar-refractivity contribution in [3.8, 4) is 41.8 Å². The van der Waals surface area contributed by atoms with Gasteiger partial charge in [-0.1, -0.05) is 131 Å². The van der Waals surface area contributed by atoms with E-state index in [9.17, 15) is 9.59 Å². The minimum absolute atomic E-state index is 0.220. The Hall–Kier alpha value is -7.11. The topological polar surface area (TPSA) is 84.9 Å². The first-order chi connectivity index (χ1) is 38.9. The predicted octanol–water partition coefficient (Wildman–Crippen LogP) is 19.2. The van der Waals surface area contributed by atoms with Crippen LogP contribution in [-0.4, -0.2) is 39.1 Å². The highest BCUT2D eigenvalue weighted by atomic mass is 32.1. The van der Waals surface area contributed by atoms with Gasteiger partial charge in [0.05, 0.1) is 23.7 Å². The van der Waals surface area contributed by atoms with E-state index in [1.807, 2.05) is 32.9 Å². The number of carbonyl (C=O) groups is 2. The Bertz CT molecular complexity index is 3650. The van der Waals surface area contributed by atoms with Gasteiger partial charge in [-0.05, 0) is 152 Å². The number of rotatable bonds is 24. The van der Waals surface area contributed by atoms with E-state index in [-0.39, 0.29) is 23.3 Å². The number of para-hydroxylation sites is 2. The van der Waals surface area contributed by atoms with E-state index in [0.717, 1.165) is 114 Å². The Morgan fingerprint density at radius 3 is 1.35 bits per heavy atom. The Morgan fingerprint density at radius 2 is 0.912 bits per heavy atom. The van der Waals surface area contributed by atoms with Crippen LogP contribution in [0.1, 0.15) is 77.8 Å². The molecule has 10 aromatic rings. The molecule has 0 radical (unpaired) electrons. The summed E-state index contributed by atoms with van der Waals surface area (Å²) < 4.78 is 21.1. The number of hydrogen-bond acceptors (Lipinski definition) is 11. The highest BCUT2D eigenvalue weighted by Gasteiger charge is 2.25. The SMILES string of the molecule is CCCC(C)(P)OCCOC(=O)CCc1ccc(N(c2ccccc2)c2ccc(-c3ccc(-c4ccc(-c5ccc(-c6ccc(N(c7ccccc7)c7ccc(CCC(=O)C(C)(C)CC)cc7)cc6)s5)c5nsnc45)s3)cc2)cc1. The fraction of sp³-hybridized carbons (Fsp3) is 0.235. The third-order valence-electron chi connectivity index (χ3n) is 14.8. The highest BCUT2D eigenvalue weighted by molar-refractivity contribution is 7.19. The summed E-state index contributed by atoms with van der Waals surface area (Å²) in [6.45, 7) is 11.0. The van der Waals surface area contributed by atoms with Crippen LogP contribution in [-0.2, 0) is 31.9 Å². The molecule has 7 aromatic carbocycles. The molecule has 2 atom stereocenters. The van der Waals surface area contributed by atoms with Gasteiger partial charge in [0, 0.05) is 83.0 Å². The van der Waals surface area contributed by atoms with Crippen molar-refractivity contribution in [1.82, 2.24) is 8.75 Å². The number of anilines is 6. The molecule has 0 spiro atoms. The summed E-state index contributed by atoms with van der Waals surface area (Å²) in [5.74, 6) is 0.0950. The van der Waals surface area contributed by atoms with Crippen molar-refractivity contribution < 1.29 is 19.1 Å². The molecule has 0 saturated heterocycles. The molecule has 3 aromatic heterocycles. The number of hydrogen-bond donors (Lipinski definition) is 0. The van der Waals surface area contributed by atoms with Gasteiger partial charge in [0.2, 0.25) is 0 Å². The predicted molar refractivity (Wildman–Crippen MR) is 340 cm³/mol. The van der Waals surface area contributed by atoms with Gasteiger partial charge in [0.15, 0.2) is 0 Å². The number of thiophene rings is 2. The van der Waals surface area contributed by atoms with Gasteiger partial charge in [-0.2, -0.15) is 8.75 Å². The summed E-state index contributed by atoms with van der Waals surface area (Å²) in [6, 6.07) is 68.7. The molecular weight excluding hydrogens is 1060 g/mol. The molecule has 0 aliphatic carbocycles. The maximum Gasteiger partial charge on any atom is 0.306 e. The van der Waals surface area contributed by atoms with Gasteiger partial charge >= 0.3 is 5.97 Å². The molecule has 406 valence electrons. The molecule has 0 saturated carbocycles. The van der Waals surface area contributed by atoms with E-state index >= 15 is 0 Å². The standard InChI is InChI=1S/C68H67N4O4PS3/c1-6-44-68(5,77)76-46-45-75-64(74)43-23-48-20-30-54(31-21-48)72(52-16-12-9-13-17-52)56-34-26-50(27-35-56)60-39-41-62(79-60)58-37-36-57(65-66(58)70-80-69-65)61-40-38-59(78-61)49-24-32-55(33-25-49)71(51-14-10-8-11-15-51)53-28-18-47(19-29-53)22-42-63(73)67(3,4)7-2/h8-21,24-41H,6-7,22-23,42-46,77H2,1-5H3. The zero-order valence-electron chi connectivity index (χ0n) is 46.1. The first-order valence-corrected chi connectivity index (χ1v) is 30.5. The van der Waals surface area contributed by atoms with Crippen LogP contribution in [0.5, 0.6) is 0 Å². The molecule has 80 heavy (non-hydrogen) atoms. The largest absolute Gasteiger partial charge is 0.463 e. The number of ketones is 1. The molecule has 0 aliphatic rings. The molecule has 2 unspecified atom stereocenters. The quantitative estimate of drug-likeness (QED) is 0.0336. The van der Waals surface area contributed by atoms with Crippen molar-refractivity contribution in [3.05, 3.63) is 205 Å². The molecular formula is C68H67N4O4PS3. The third kappa shape index (κ3) is 13.4. The lowest BCUT2D eigenvalue weighted by Gasteiger charge is -2.26. The van der Waals surface area contributed by atoms with Crippen LogP contribution in [0.25, 0.3) is 52.8 Å². The number of esters is 1. The highest BCUT2D eigenvalue weighted by Crippen LogP contribution is 2.44. The Balaban J connectivity index is 0.808. The van der Waals surface area contributed by atoms with Crippen molar-refractivity contribution in [1.29, 1.82) is 0 Å². The van der Waals surface area contributed by atoms with Gasteiger partial charge in [-0.25, -0.2) is 0 Å². The zero-order chi connectivity index (χ0) is 55.6. The summed E-state index contributed by atoms with van der Waals surface area (Å²) in [5.41, 5.74) is 14.5. The van der Waals surface area contributed by atoms with E-state index in [4.69, 9.17) is 18.2 Å². The van der Waals surface area contributed by atoms with Crippen LogP contribution in [0.4, 0.5) is 34.1 Å². The number of carbonyl (C=O) groups excluding carboxylic acids is 2. The first-order valence-electron chi connectivity index (χ1n) is 27.5. The maximum atomic E-state index is 12.9. The summed E-state index contributed by atoms with van der Waals surface area (Å²) in [4.78, 5) is 34.6. The average Bonchev–Trinajstić information content (AvgIpc) is 4.49. The lowest BCUT2D eigenvalue weighted by Crippen LogP contribution is -2.23. The second-order valence-electron chi connectivity index (χ2n) is 21.0. The number of ether oxygens (including phenoxy) is 2. The third-order valence-corrected chi connectivity index (χ3v) is 18.1. The molecule has 0 N–H and O–H groups in total. The second kappa shape index (κ2) is 25.6. The summed E-state index contributed by atoms with van der Waals surface area (Å²) in [6.07, 6.45) is 4.99. The molecule has 3 heterocycles. The van der Waals surface area contributed by atoms with E-state index < -0.39 is 0 Å². The molecule has 10 rings (SSSR count). The number of fused-ring (bicyclic) bond motifs is 1. The van der Waals surface area contributed by atoms with Crippen LogP contribution < -0.4 is 9.80 Å². The fourth-order valence-corrected chi connectivity index (χ4v) is 12.9. The van der Waals surface area contributed by atoms with Gasteiger partial charge in [-0.15, -0.1) is 31.9 Å². The van der Waals surface area contributed by atoms with Crippen LogP contribution in [0.2, 0.25) is 0 Å². The zero-order valence-corrected chi connectivity index (χ0v) is 49.7. The van der Waals surface area contributed by atoms with Crippen LogP contribution in [0.15, 0.2) is 194 Å². The molecule has 0 fully saturated rings. The van der Waals surface area contributed by atoms with E-state index in [1.165, 1.54) is 21.5 Å². The van der Waals surface area contributed by atoms with Crippen molar-refractivity contribution in [2.75, 3.05) is 23.0 Å². The smallest absolute Gasteiger partial charge is 0.306 e. The minimum Gasteiger partial charge on any atom is -0.463 e. The van der Waals surface area contributed by atoms with Crippen LogP contribution in [0.3, 0.4) is 0 Å².